The molecule has 4 heteroatoms. The van der Waals surface area contributed by atoms with Crippen molar-refractivity contribution in [1.82, 2.24) is 5.32 Å². The van der Waals surface area contributed by atoms with Crippen LogP contribution in [0.25, 0.3) is 0 Å². The molecular weight excluding hydrogens is 236 g/mol. The average molecular weight is 253 g/mol. The molecule has 1 aliphatic rings. The first-order chi connectivity index (χ1) is 8.11. The van der Waals surface area contributed by atoms with Crippen molar-refractivity contribution in [3.8, 4) is 0 Å². The second-order valence-corrected chi connectivity index (χ2v) is 4.95. The van der Waals surface area contributed by atoms with E-state index in [1.165, 1.54) is 12.8 Å². The Morgan fingerprint density at radius 3 is 2.76 bits per heavy atom. The van der Waals surface area contributed by atoms with Crippen LogP contribution in [0.4, 0.5) is 5.69 Å². The van der Waals surface area contributed by atoms with Gasteiger partial charge in [-0.05, 0) is 43.9 Å². The van der Waals surface area contributed by atoms with Gasteiger partial charge in [0.1, 0.15) is 0 Å². The van der Waals surface area contributed by atoms with Crippen LogP contribution in [0.15, 0.2) is 18.2 Å². The highest BCUT2D eigenvalue weighted by atomic mass is 35.5. The summed E-state index contributed by atoms with van der Waals surface area (Å²) < 4.78 is 0. The molecule has 1 unspecified atom stereocenters. The van der Waals surface area contributed by atoms with Crippen molar-refractivity contribution in [2.75, 3.05) is 12.4 Å². The van der Waals surface area contributed by atoms with Crippen molar-refractivity contribution in [2.24, 2.45) is 5.92 Å². The first-order valence-electron chi connectivity index (χ1n) is 5.90. The Hall–Kier alpha value is -1.22. The van der Waals surface area contributed by atoms with E-state index < -0.39 is 0 Å². The Bertz CT molecular complexity index is 429. The lowest BCUT2D eigenvalue weighted by Crippen LogP contribution is -2.20. The molecule has 1 fully saturated rings. The molecule has 0 aromatic heterocycles. The molecule has 3 nitrogen and oxygen atoms in total. The smallest absolute Gasteiger partial charge is 0.251 e. The number of benzene rings is 1. The summed E-state index contributed by atoms with van der Waals surface area (Å²) in [5.41, 5.74) is 1.47. The quantitative estimate of drug-likeness (QED) is 0.865. The van der Waals surface area contributed by atoms with Crippen LogP contribution in [-0.2, 0) is 0 Å². The van der Waals surface area contributed by atoms with Gasteiger partial charge in [0.25, 0.3) is 5.91 Å². The minimum absolute atomic E-state index is 0.0937. The number of carbonyl (C=O) groups is 1. The molecular formula is C13H17ClN2O. The number of anilines is 1. The molecule has 1 atom stereocenters. The standard InChI is InChI=1S/C13H17ClN2O/c1-8(9-3-4-9)16-12-7-10(13(17)15-2)5-6-11(12)14/h5-9,16H,3-4H2,1-2H3,(H,15,17). The van der Waals surface area contributed by atoms with E-state index in [4.69, 9.17) is 11.6 Å². The number of amides is 1. The lowest BCUT2D eigenvalue weighted by atomic mass is 10.1. The number of halogens is 1. The van der Waals surface area contributed by atoms with Gasteiger partial charge >= 0.3 is 0 Å². The highest BCUT2D eigenvalue weighted by Crippen LogP contribution is 2.35. The summed E-state index contributed by atoms with van der Waals surface area (Å²) in [5.74, 6) is 0.651. The molecule has 0 bridgehead atoms. The maximum absolute atomic E-state index is 11.5. The third-order valence-corrected chi connectivity index (χ3v) is 3.50. The molecule has 92 valence electrons. The highest BCUT2D eigenvalue weighted by molar-refractivity contribution is 6.33. The number of rotatable bonds is 4. The van der Waals surface area contributed by atoms with Crippen LogP contribution in [0.1, 0.15) is 30.1 Å². The molecule has 1 amide bonds. The molecule has 0 saturated heterocycles. The number of nitrogens with one attached hydrogen (secondary N) is 2. The molecule has 1 aromatic rings. The minimum Gasteiger partial charge on any atom is -0.381 e. The van der Waals surface area contributed by atoms with Crippen molar-refractivity contribution in [1.29, 1.82) is 0 Å². The zero-order valence-electron chi connectivity index (χ0n) is 10.1. The van der Waals surface area contributed by atoms with Gasteiger partial charge in [0.15, 0.2) is 0 Å². The van der Waals surface area contributed by atoms with Crippen LogP contribution in [0.3, 0.4) is 0 Å². The second-order valence-electron chi connectivity index (χ2n) is 4.54. The van der Waals surface area contributed by atoms with Gasteiger partial charge in [0.2, 0.25) is 0 Å². The SMILES string of the molecule is CNC(=O)c1ccc(Cl)c(NC(C)C2CC2)c1. The Labute approximate surface area is 107 Å². The number of carbonyl (C=O) groups excluding carboxylic acids is 1. The van der Waals surface area contributed by atoms with Crippen LogP contribution in [0.5, 0.6) is 0 Å². The van der Waals surface area contributed by atoms with Gasteiger partial charge in [0, 0.05) is 18.7 Å². The van der Waals surface area contributed by atoms with Gasteiger partial charge in [-0.15, -0.1) is 0 Å². The van der Waals surface area contributed by atoms with E-state index in [-0.39, 0.29) is 5.91 Å². The van der Waals surface area contributed by atoms with E-state index >= 15 is 0 Å². The van der Waals surface area contributed by atoms with Crippen molar-refractivity contribution in [2.45, 2.75) is 25.8 Å². The van der Waals surface area contributed by atoms with Gasteiger partial charge in [-0.1, -0.05) is 11.6 Å². The first kappa shape index (κ1) is 12.2. The van der Waals surface area contributed by atoms with Gasteiger partial charge in [-0.2, -0.15) is 0 Å². The van der Waals surface area contributed by atoms with Gasteiger partial charge in [-0.3, -0.25) is 4.79 Å². The molecule has 17 heavy (non-hydrogen) atoms. The summed E-state index contributed by atoms with van der Waals surface area (Å²) in [5, 5.41) is 6.64. The fourth-order valence-corrected chi connectivity index (χ4v) is 2.05. The lowest BCUT2D eigenvalue weighted by molar-refractivity contribution is 0.0963. The molecule has 0 aliphatic heterocycles. The van der Waals surface area contributed by atoms with E-state index in [1.54, 1.807) is 25.2 Å². The third kappa shape index (κ3) is 2.91. The van der Waals surface area contributed by atoms with Crippen LogP contribution in [0.2, 0.25) is 5.02 Å². The summed E-state index contributed by atoms with van der Waals surface area (Å²) in [6.07, 6.45) is 2.56. The van der Waals surface area contributed by atoms with Crippen molar-refractivity contribution in [3.63, 3.8) is 0 Å². The first-order valence-corrected chi connectivity index (χ1v) is 6.27. The monoisotopic (exact) mass is 252 g/mol. The van der Waals surface area contributed by atoms with Crippen molar-refractivity contribution >= 4 is 23.2 Å². The topological polar surface area (TPSA) is 41.1 Å². The fraction of sp³-hybridized carbons (Fsp3) is 0.462. The predicted molar refractivity (Wildman–Crippen MR) is 70.7 cm³/mol. The molecule has 1 aromatic carbocycles. The Kier molecular flexibility index (Phi) is 3.57. The van der Waals surface area contributed by atoms with Gasteiger partial charge < -0.3 is 10.6 Å². The summed E-state index contributed by atoms with van der Waals surface area (Å²) in [4.78, 5) is 11.5. The number of hydrogen-bond acceptors (Lipinski definition) is 2. The van der Waals surface area contributed by atoms with Crippen molar-refractivity contribution < 1.29 is 4.79 Å². The van der Waals surface area contributed by atoms with Crippen LogP contribution in [0, 0.1) is 5.92 Å². The fourth-order valence-electron chi connectivity index (χ4n) is 1.88. The summed E-state index contributed by atoms with van der Waals surface area (Å²) >= 11 is 6.12. The third-order valence-electron chi connectivity index (χ3n) is 3.17. The van der Waals surface area contributed by atoms with Gasteiger partial charge in [0.05, 0.1) is 10.7 Å². The van der Waals surface area contributed by atoms with Crippen LogP contribution >= 0.6 is 11.6 Å². The summed E-state index contributed by atoms with van der Waals surface area (Å²) in [6.45, 7) is 2.15. The minimum atomic E-state index is -0.0937. The van der Waals surface area contributed by atoms with Crippen LogP contribution in [-0.4, -0.2) is 19.0 Å². The number of hydrogen-bond donors (Lipinski definition) is 2. The van der Waals surface area contributed by atoms with E-state index in [2.05, 4.69) is 17.6 Å². The zero-order valence-corrected chi connectivity index (χ0v) is 10.8. The highest BCUT2D eigenvalue weighted by Gasteiger charge is 2.28. The normalized spacial score (nSPS) is 16.4. The molecule has 1 saturated carbocycles. The van der Waals surface area contributed by atoms with E-state index in [0.717, 1.165) is 11.6 Å². The average Bonchev–Trinajstić information content (AvgIpc) is 3.14. The van der Waals surface area contributed by atoms with Crippen molar-refractivity contribution in [3.05, 3.63) is 28.8 Å². The maximum Gasteiger partial charge on any atom is 0.251 e. The molecule has 0 radical (unpaired) electrons. The predicted octanol–water partition coefficient (Wildman–Crippen LogP) is 2.91. The molecule has 0 heterocycles. The van der Waals surface area contributed by atoms with Crippen LogP contribution < -0.4 is 10.6 Å². The van der Waals surface area contributed by atoms with Gasteiger partial charge in [-0.25, -0.2) is 0 Å². The second kappa shape index (κ2) is 4.96. The molecule has 2 rings (SSSR count). The summed E-state index contributed by atoms with van der Waals surface area (Å²) in [6, 6.07) is 5.70. The Balaban J connectivity index is 2.16. The largest absolute Gasteiger partial charge is 0.381 e. The van der Waals surface area contributed by atoms with E-state index in [9.17, 15) is 4.79 Å². The van der Waals surface area contributed by atoms with E-state index in [0.29, 0.717) is 16.6 Å². The lowest BCUT2D eigenvalue weighted by Gasteiger charge is -2.16. The molecule has 0 spiro atoms. The molecule has 1 aliphatic carbocycles. The zero-order chi connectivity index (χ0) is 12.4. The summed E-state index contributed by atoms with van der Waals surface area (Å²) in [7, 11) is 1.62. The maximum atomic E-state index is 11.5. The Morgan fingerprint density at radius 1 is 1.47 bits per heavy atom. The van der Waals surface area contributed by atoms with E-state index in [1.807, 2.05) is 0 Å². The molecule has 2 N–H and O–H groups in total. The Morgan fingerprint density at radius 2 is 2.18 bits per heavy atom.